The van der Waals surface area contributed by atoms with Crippen molar-refractivity contribution in [2.45, 2.75) is 16.7 Å². The Balaban J connectivity index is 1.56. The first-order valence-corrected chi connectivity index (χ1v) is 13.1. The van der Waals surface area contributed by atoms with Gasteiger partial charge in [0.25, 0.3) is 0 Å². The molecule has 0 unspecified atom stereocenters. The van der Waals surface area contributed by atoms with Crippen LogP contribution in [0, 0.1) is 0 Å². The van der Waals surface area contributed by atoms with E-state index in [1.54, 1.807) is 7.11 Å². The first-order valence-electron chi connectivity index (χ1n) is 7.89. The van der Waals surface area contributed by atoms with Crippen LogP contribution in [0.4, 0.5) is 0 Å². The monoisotopic (exact) mass is 451 g/mol. The molecule has 0 aromatic carbocycles. The van der Waals surface area contributed by atoms with Crippen molar-refractivity contribution in [1.29, 1.82) is 0 Å². The Hall–Kier alpha value is 0.780. The summed E-state index contributed by atoms with van der Waals surface area (Å²) in [4.78, 5) is 2.77. The summed E-state index contributed by atoms with van der Waals surface area (Å²) in [6.07, 6.45) is 4.43. The summed E-state index contributed by atoms with van der Waals surface area (Å²) >= 11 is 11.6. The van der Waals surface area contributed by atoms with Crippen LogP contribution in [-0.4, -0.2) is 43.0 Å². The van der Waals surface area contributed by atoms with E-state index in [9.17, 15) is 0 Å². The lowest BCUT2D eigenvalue weighted by Crippen LogP contribution is -2.04. The molecule has 25 heavy (non-hydrogen) atoms. The van der Waals surface area contributed by atoms with E-state index < -0.39 is 0 Å². The fourth-order valence-corrected chi connectivity index (χ4v) is 10.7. The third-order valence-corrected chi connectivity index (χ3v) is 11.6. The molecule has 3 rings (SSSR count). The summed E-state index contributed by atoms with van der Waals surface area (Å²) < 4.78 is 18.5. The Labute approximate surface area is 175 Å². The lowest BCUT2D eigenvalue weighted by atomic mass is 10.7. The molecule has 1 aromatic rings. The number of thioether (sulfide) groups is 6. The molecule has 2 aliphatic heterocycles. The van der Waals surface area contributed by atoms with E-state index >= 15 is 0 Å². The van der Waals surface area contributed by atoms with E-state index in [-0.39, 0.29) is 0 Å². The van der Waals surface area contributed by atoms with Crippen LogP contribution in [0.15, 0.2) is 39.1 Å². The number of rotatable bonds is 9. The number of aromatic nitrogens is 1. The molecule has 2 aliphatic rings. The van der Waals surface area contributed by atoms with Gasteiger partial charge in [0.2, 0.25) is 0 Å². The molecular weight excluding hydrogens is 431 g/mol. The molecular formula is C16H21NO2S6. The van der Waals surface area contributed by atoms with Gasteiger partial charge in [-0.2, -0.15) is 0 Å². The predicted molar refractivity (Wildman–Crippen MR) is 120 cm³/mol. The fraction of sp³-hybridized carbons (Fsp3) is 0.500. The van der Waals surface area contributed by atoms with Gasteiger partial charge in [0.05, 0.1) is 36.8 Å². The van der Waals surface area contributed by atoms with Crippen LogP contribution in [0.25, 0.3) is 0 Å². The smallest absolute Gasteiger partial charge is 0.0717 e. The third kappa shape index (κ3) is 5.63. The van der Waals surface area contributed by atoms with E-state index in [2.05, 4.69) is 30.9 Å². The number of nitrogens with zero attached hydrogens (tertiary/aromatic N) is 1. The lowest BCUT2D eigenvalue weighted by Gasteiger charge is -2.05. The Morgan fingerprint density at radius 2 is 1.56 bits per heavy atom. The normalized spacial score (nSPS) is 17.1. The molecule has 3 heterocycles. The van der Waals surface area contributed by atoms with Crippen molar-refractivity contribution >= 4 is 70.6 Å². The highest BCUT2D eigenvalue weighted by Gasteiger charge is 2.29. The second-order valence-corrected chi connectivity index (χ2v) is 12.7. The van der Waals surface area contributed by atoms with Crippen molar-refractivity contribution < 1.29 is 9.47 Å². The molecule has 0 spiro atoms. The highest BCUT2D eigenvalue weighted by Crippen LogP contribution is 2.64. The van der Waals surface area contributed by atoms with Gasteiger partial charge in [0.15, 0.2) is 0 Å². The van der Waals surface area contributed by atoms with Crippen molar-refractivity contribution in [3.05, 3.63) is 29.3 Å². The van der Waals surface area contributed by atoms with Crippen molar-refractivity contribution in [3.8, 4) is 0 Å². The Morgan fingerprint density at radius 3 is 2.20 bits per heavy atom. The van der Waals surface area contributed by atoms with Gasteiger partial charge >= 0.3 is 0 Å². The van der Waals surface area contributed by atoms with Crippen molar-refractivity contribution in [2.24, 2.45) is 7.05 Å². The van der Waals surface area contributed by atoms with Crippen molar-refractivity contribution in [3.63, 3.8) is 0 Å². The third-order valence-electron chi connectivity index (χ3n) is 3.16. The fourth-order valence-electron chi connectivity index (χ4n) is 2.09. The summed E-state index contributed by atoms with van der Waals surface area (Å²) in [5.74, 6) is 2.10. The maximum Gasteiger partial charge on any atom is 0.0717 e. The van der Waals surface area contributed by atoms with Gasteiger partial charge in [-0.25, -0.2) is 0 Å². The zero-order valence-corrected chi connectivity index (χ0v) is 19.3. The first kappa shape index (κ1) is 20.5. The number of ether oxygens (including phenoxy) is 2. The highest BCUT2D eigenvalue weighted by molar-refractivity contribution is 8.42. The van der Waals surface area contributed by atoms with Crippen LogP contribution in [0.2, 0.25) is 0 Å². The minimum atomic E-state index is 0.667. The van der Waals surface area contributed by atoms with Gasteiger partial charge in [-0.15, -0.1) is 23.5 Å². The molecule has 1 aromatic heterocycles. The second-order valence-electron chi connectivity index (χ2n) is 5.10. The molecule has 0 aliphatic carbocycles. The number of hydrogen-bond acceptors (Lipinski definition) is 8. The minimum absolute atomic E-state index is 0.667. The number of fused-ring (bicyclic) bond motifs is 1. The first-order chi connectivity index (χ1) is 12.2. The number of hydrogen-bond donors (Lipinski definition) is 0. The Morgan fingerprint density at radius 1 is 0.920 bits per heavy atom. The van der Waals surface area contributed by atoms with E-state index in [1.807, 2.05) is 70.6 Å². The minimum Gasteiger partial charge on any atom is -0.382 e. The van der Waals surface area contributed by atoms with Gasteiger partial charge in [-0.3, -0.25) is 0 Å². The standard InChI is InChI=1S/C16H21NO2S6/c1-4-20-13-14(21-8-7-19-6-5-18-3)25-16(24-13)15-22-11-9-17(2)10-12(11)23-15/h9-10H,4-8H2,1-3H3. The second kappa shape index (κ2) is 10.4. The van der Waals surface area contributed by atoms with Crippen molar-refractivity contribution in [2.75, 3.05) is 38.4 Å². The van der Waals surface area contributed by atoms with E-state index in [0.717, 1.165) is 18.1 Å². The molecule has 0 saturated heterocycles. The van der Waals surface area contributed by atoms with Crippen LogP contribution >= 0.6 is 70.6 Å². The average Bonchev–Trinajstić information content (AvgIpc) is 3.24. The van der Waals surface area contributed by atoms with Gasteiger partial charge in [-0.1, -0.05) is 54.0 Å². The maximum absolute atomic E-state index is 5.58. The van der Waals surface area contributed by atoms with Crippen LogP contribution in [-0.2, 0) is 16.5 Å². The summed E-state index contributed by atoms with van der Waals surface area (Å²) in [5, 5.41) is 0. The topological polar surface area (TPSA) is 23.4 Å². The molecule has 0 amide bonds. The summed E-state index contributed by atoms with van der Waals surface area (Å²) in [6.45, 7) is 4.34. The van der Waals surface area contributed by atoms with Gasteiger partial charge in [0, 0.05) is 42.1 Å². The molecule has 0 radical (unpaired) electrons. The molecule has 0 bridgehead atoms. The van der Waals surface area contributed by atoms with Gasteiger partial charge < -0.3 is 14.0 Å². The molecule has 0 N–H and O–H groups in total. The average molecular weight is 452 g/mol. The van der Waals surface area contributed by atoms with Crippen molar-refractivity contribution in [1.82, 2.24) is 4.57 Å². The van der Waals surface area contributed by atoms with Gasteiger partial charge in [0.1, 0.15) is 0 Å². The van der Waals surface area contributed by atoms with E-state index in [4.69, 9.17) is 9.47 Å². The molecule has 9 heteroatoms. The van der Waals surface area contributed by atoms with Crippen LogP contribution < -0.4 is 0 Å². The van der Waals surface area contributed by atoms with Crippen LogP contribution in [0.3, 0.4) is 0 Å². The Bertz CT molecular complexity index is 644. The molecule has 138 valence electrons. The quantitative estimate of drug-likeness (QED) is 0.415. The number of aryl methyl sites for hydroxylation is 1. The zero-order chi connectivity index (χ0) is 17.6. The summed E-state index contributed by atoms with van der Waals surface area (Å²) in [6, 6.07) is 0. The SMILES string of the molecule is CCSC1=C(SCCOCCOC)SC(=C2Sc3cn(C)cc3S2)S1. The van der Waals surface area contributed by atoms with Crippen LogP contribution in [0.5, 0.6) is 0 Å². The molecule has 3 nitrogen and oxygen atoms in total. The highest BCUT2D eigenvalue weighted by atomic mass is 32.3. The molecule has 0 fully saturated rings. The zero-order valence-electron chi connectivity index (χ0n) is 14.4. The molecule has 0 atom stereocenters. The predicted octanol–water partition coefficient (Wildman–Crippen LogP) is 6.11. The van der Waals surface area contributed by atoms with Gasteiger partial charge in [-0.05, 0) is 5.75 Å². The maximum atomic E-state index is 5.58. The Kier molecular flexibility index (Phi) is 8.50. The summed E-state index contributed by atoms with van der Waals surface area (Å²) in [5.41, 5.74) is 0. The van der Waals surface area contributed by atoms with E-state index in [1.165, 1.54) is 26.7 Å². The van der Waals surface area contributed by atoms with E-state index in [0.29, 0.717) is 13.2 Å². The largest absolute Gasteiger partial charge is 0.382 e. The lowest BCUT2D eigenvalue weighted by molar-refractivity contribution is 0.0790. The summed E-state index contributed by atoms with van der Waals surface area (Å²) in [7, 11) is 3.79. The molecule has 0 saturated carbocycles. The van der Waals surface area contributed by atoms with Crippen LogP contribution in [0.1, 0.15) is 6.92 Å². The number of methoxy groups -OCH3 is 1.